The number of ether oxygens (including phenoxy) is 1. The lowest BCUT2D eigenvalue weighted by molar-refractivity contribution is -0.133. The quantitative estimate of drug-likeness (QED) is 0.720. The molecule has 0 saturated carbocycles. The van der Waals surface area contributed by atoms with Gasteiger partial charge in [0.05, 0.1) is 24.3 Å². The molecule has 2 aromatic heterocycles. The summed E-state index contributed by atoms with van der Waals surface area (Å²) in [4.78, 5) is 15.5. The summed E-state index contributed by atoms with van der Waals surface area (Å²) in [6, 6.07) is 4.31. The van der Waals surface area contributed by atoms with Crippen molar-refractivity contribution in [3.05, 3.63) is 42.1 Å². The molecular formula is C17H24N4O3. The molecular weight excluding hydrogens is 308 g/mol. The predicted molar refractivity (Wildman–Crippen MR) is 88.2 cm³/mol. The highest BCUT2D eigenvalue weighted by Crippen LogP contribution is 2.24. The molecule has 2 aromatic rings. The number of amides is 1. The van der Waals surface area contributed by atoms with Crippen molar-refractivity contribution in [1.29, 1.82) is 0 Å². The van der Waals surface area contributed by atoms with Gasteiger partial charge in [-0.05, 0) is 18.6 Å². The van der Waals surface area contributed by atoms with Crippen molar-refractivity contribution in [2.24, 2.45) is 0 Å². The van der Waals surface area contributed by atoms with Crippen LogP contribution in [0.4, 0.5) is 0 Å². The number of furan rings is 1. The topological polar surface area (TPSA) is 63.7 Å². The van der Waals surface area contributed by atoms with Gasteiger partial charge in [0, 0.05) is 52.1 Å². The number of carbonyl (C=O) groups excluding carboxylic acids is 1. The van der Waals surface area contributed by atoms with Crippen LogP contribution < -0.4 is 0 Å². The van der Waals surface area contributed by atoms with E-state index in [4.69, 9.17) is 9.15 Å². The highest BCUT2D eigenvalue weighted by molar-refractivity contribution is 5.76. The van der Waals surface area contributed by atoms with Gasteiger partial charge in [0.15, 0.2) is 0 Å². The molecule has 0 bridgehead atoms. The van der Waals surface area contributed by atoms with Crippen molar-refractivity contribution in [3.63, 3.8) is 0 Å². The summed E-state index contributed by atoms with van der Waals surface area (Å²) in [5.74, 6) is -0.0139. The Morgan fingerprint density at radius 1 is 1.46 bits per heavy atom. The molecule has 3 heterocycles. The molecule has 0 radical (unpaired) electrons. The van der Waals surface area contributed by atoms with Crippen LogP contribution in [-0.2, 0) is 22.6 Å². The second-order valence-electron chi connectivity index (χ2n) is 6.35. The molecule has 0 unspecified atom stereocenters. The summed E-state index contributed by atoms with van der Waals surface area (Å²) >= 11 is 0. The molecule has 130 valence electrons. The average Bonchev–Trinajstić information content (AvgIpc) is 3.22. The Kier molecular flexibility index (Phi) is 5.32. The van der Waals surface area contributed by atoms with Gasteiger partial charge in [0.25, 0.3) is 0 Å². The maximum absolute atomic E-state index is 11.5. The molecule has 1 aliphatic heterocycles. The summed E-state index contributed by atoms with van der Waals surface area (Å²) < 4.78 is 12.8. The second kappa shape index (κ2) is 7.63. The van der Waals surface area contributed by atoms with Gasteiger partial charge in [-0.2, -0.15) is 5.10 Å². The van der Waals surface area contributed by atoms with Crippen molar-refractivity contribution in [2.75, 3.05) is 33.9 Å². The first-order chi connectivity index (χ1) is 11.6. The average molecular weight is 332 g/mol. The SMILES string of the molecule is CN(C)C(=O)COCC[C@@H]1CN(Cc2ccoc2)Cc2ccnn21. The fourth-order valence-corrected chi connectivity index (χ4v) is 2.95. The number of carbonyl (C=O) groups is 1. The standard InChI is InChI=1S/C17H24N4O3/c1-19(2)17(22)13-24-8-5-16-11-20(9-14-4-7-23-12-14)10-15-3-6-18-21(15)16/h3-4,6-7,12,16H,5,8-11,13H2,1-2H3/t16-/m1/s1. The van der Waals surface area contributed by atoms with E-state index in [-0.39, 0.29) is 18.6 Å². The van der Waals surface area contributed by atoms with Crippen molar-refractivity contribution < 1.29 is 13.9 Å². The monoisotopic (exact) mass is 332 g/mol. The van der Waals surface area contributed by atoms with Gasteiger partial charge in [0.1, 0.15) is 6.61 Å². The Morgan fingerprint density at radius 2 is 2.33 bits per heavy atom. The van der Waals surface area contributed by atoms with E-state index >= 15 is 0 Å². The lowest BCUT2D eigenvalue weighted by atomic mass is 10.1. The minimum atomic E-state index is -0.0139. The third kappa shape index (κ3) is 4.04. The molecule has 7 heteroatoms. The van der Waals surface area contributed by atoms with Crippen LogP contribution in [0, 0.1) is 0 Å². The Bertz CT molecular complexity index is 651. The summed E-state index contributed by atoms with van der Waals surface area (Å²) in [5, 5.41) is 4.45. The van der Waals surface area contributed by atoms with Gasteiger partial charge in [-0.1, -0.05) is 0 Å². The molecule has 0 fully saturated rings. The molecule has 0 saturated heterocycles. The fraction of sp³-hybridized carbons (Fsp3) is 0.529. The van der Waals surface area contributed by atoms with Crippen molar-refractivity contribution in [2.45, 2.75) is 25.6 Å². The Balaban J connectivity index is 1.55. The number of aromatic nitrogens is 2. The normalized spacial score (nSPS) is 17.7. The van der Waals surface area contributed by atoms with Crippen LogP contribution in [0.25, 0.3) is 0 Å². The molecule has 0 N–H and O–H groups in total. The Morgan fingerprint density at radius 3 is 3.08 bits per heavy atom. The number of rotatable bonds is 7. The first kappa shape index (κ1) is 16.7. The largest absolute Gasteiger partial charge is 0.472 e. The van der Waals surface area contributed by atoms with Crippen LogP contribution in [0.15, 0.2) is 35.3 Å². The molecule has 1 amide bonds. The van der Waals surface area contributed by atoms with Gasteiger partial charge in [-0.15, -0.1) is 0 Å². The summed E-state index contributed by atoms with van der Waals surface area (Å²) in [7, 11) is 3.47. The van der Waals surface area contributed by atoms with E-state index in [1.165, 1.54) is 11.3 Å². The van der Waals surface area contributed by atoms with Gasteiger partial charge in [-0.25, -0.2) is 0 Å². The van der Waals surface area contributed by atoms with Crippen LogP contribution in [0.5, 0.6) is 0 Å². The van der Waals surface area contributed by atoms with E-state index in [0.29, 0.717) is 6.61 Å². The first-order valence-corrected chi connectivity index (χ1v) is 8.17. The third-order valence-electron chi connectivity index (χ3n) is 4.26. The number of nitrogens with zero attached hydrogens (tertiary/aromatic N) is 4. The summed E-state index contributed by atoms with van der Waals surface area (Å²) in [6.07, 6.45) is 6.17. The lowest BCUT2D eigenvalue weighted by Crippen LogP contribution is -2.37. The maximum atomic E-state index is 11.5. The number of likely N-dealkylation sites (N-methyl/N-ethyl adjacent to an activating group) is 1. The lowest BCUT2D eigenvalue weighted by Gasteiger charge is -2.33. The van der Waals surface area contributed by atoms with Gasteiger partial charge in [-0.3, -0.25) is 14.4 Å². The minimum absolute atomic E-state index is 0.0139. The maximum Gasteiger partial charge on any atom is 0.248 e. The van der Waals surface area contributed by atoms with Crippen molar-refractivity contribution in [3.8, 4) is 0 Å². The van der Waals surface area contributed by atoms with Crippen LogP contribution >= 0.6 is 0 Å². The molecule has 3 rings (SSSR count). The highest BCUT2D eigenvalue weighted by Gasteiger charge is 2.25. The number of hydrogen-bond acceptors (Lipinski definition) is 5. The Hall–Kier alpha value is -2.12. The number of hydrogen-bond donors (Lipinski definition) is 0. The minimum Gasteiger partial charge on any atom is -0.472 e. The van der Waals surface area contributed by atoms with E-state index in [1.54, 1.807) is 31.5 Å². The van der Waals surface area contributed by atoms with Crippen molar-refractivity contribution >= 4 is 5.91 Å². The smallest absolute Gasteiger partial charge is 0.248 e. The van der Waals surface area contributed by atoms with E-state index in [1.807, 2.05) is 12.3 Å². The zero-order valence-electron chi connectivity index (χ0n) is 14.2. The zero-order chi connectivity index (χ0) is 16.9. The van der Waals surface area contributed by atoms with Crippen LogP contribution in [0.2, 0.25) is 0 Å². The molecule has 1 atom stereocenters. The first-order valence-electron chi connectivity index (χ1n) is 8.17. The molecule has 24 heavy (non-hydrogen) atoms. The molecule has 0 spiro atoms. The second-order valence-corrected chi connectivity index (χ2v) is 6.35. The molecule has 1 aliphatic rings. The zero-order valence-corrected chi connectivity index (χ0v) is 14.2. The van der Waals surface area contributed by atoms with Crippen LogP contribution in [0.3, 0.4) is 0 Å². The van der Waals surface area contributed by atoms with E-state index < -0.39 is 0 Å². The van der Waals surface area contributed by atoms with E-state index in [0.717, 1.165) is 26.1 Å². The summed E-state index contributed by atoms with van der Waals surface area (Å²) in [5.41, 5.74) is 2.38. The molecule has 7 nitrogen and oxygen atoms in total. The number of fused-ring (bicyclic) bond motifs is 1. The fourth-order valence-electron chi connectivity index (χ4n) is 2.95. The summed E-state index contributed by atoms with van der Waals surface area (Å²) in [6.45, 7) is 3.32. The van der Waals surface area contributed by atoms with Crippen LogP contribution in [-0.4, -0.2) is 59.3 Å². The third-order valence-corrected chi connectivity index (χ3v) is 4.26. The molecule has 0 aliphatic carbocycles. The van der Waals surface area contributed by atoms with E-state index in [9.17, 15) is 4.79 Å². The van der Waals surface area contributed by atoms with Crippen molar-refractivity contribution in [1.82, 2.24) is 19.6 Å². The van der Waals surface area contributed by atoms with Gasteiger partial charge < -0.3 is 14.1 Å². The van der Waals surface area contributed by atoms with Gasteiger partial charge in [0.2, 0.25) is 5.91 Å². The van der Waals surface area contributed by atoms with Crippen LogP contribution in [0.1, 0.15) is 23.7 Å². The highest BCUT2D eigenvalue weighted by atomic mass is 16.5. The molecule has 0 aromatic carbocycles. The predicted octanol–water partition coefficient (Wildman–Crippen LogP) is 1.53. The van der Waals surface area contributed by atoms with Gasteiger partial charge >= 0.3 is 0 Å². The Labute approximate surface area is 141 Å². The van der Waals surface area contributed by atoms with E-state index in [2.05, 4.69) is 20.7 Å².